The number of carbonyl (C=O) groups excluding carboxylic acids is 1. The first kappa shape index (κ1) is 20.4. The van der Waals surface area contributed by atoms with Gasteiger partial charge in [-0.2, -0.15) is 0 Å². The zero-order valence-electron chi connectivity index (χ0n) is 15.7. The summed E-state index contributed by atoms with van der Waals surface area (Å²) in [5, 5.41) is 7.08. The second-order valence-electron chi connectivity index (χ2n) is 7.08. The van der Waals surface area contributed by atoms with Crippen LogP contribution in [0.5, 0.6) is 0 Å². The number of thiazole rings is 1. The van der Waals surface area contributed by atoms with Crippen LogP contribution in [0.1, 0.15) is 41.1 Å². The number of hydrogen-bond acceptors (Lipinski definition) is 4. The quantitative estimate of drug-likeness (QED) is 0.545. The summed E-state index contributed by atoms with van der Waals surface area (Å²) < 4.78 is 0. The molecule has 1 N–H and O–H groups in total. The maximum atomic E-state index is 13.0. The summed E-state index contributed by atoms with van der Waals surface area (Å²) in [7, 11) is 0. The van der Waals surface area contributed by atoms with E-state index in [2.05, 4.69) is 15.2 Å². The molecule has 7 heteroatoms. The van der Waals surface area contributed by atoms with Gasteiger partial charge in [0.05, 0.1) is 16.6 Å². The van der Waals surface area contributed by atoms with E-state index in [1.165, 1.54) is 0 Å². The smallest absolute Gasteiger partial charge is 0.235 e. The monoisotopic (exact) mass is 445 g/mol. The van der Waals surface area contributed by atoms with Gasteiger partial charge in [-0.1, -0.05) is 59.6 Å². The van der Waals surface area contributed by atoms with Crippen molar-refractivity contribution >= 4 is 40.4 Å². The molecule has 4 rings (SSSR count). The Morgan fingerprint density at radius 3 is 2.76 bits per heavy atom. The fourth-order valence-corrected chi connectivity index (χ4v) is 4.83. The molecule has 4 nitrogen and oxygen atoms in total. The lowest BCUT2D eigenvalue weighted by molar-refractivity contribution is -0.123. The van der Waals surface area contributed by atoms with Gasteiger partial charge in [-0.3, -0.25) is 9.69 Å². The van der Waals surface area contributed by atoms with Crippen LogP contribution in [0.3, 0.4) is 0 Å². The molecule has 29 heavy (non-hydrogen) atoms. The molecule has 1 saturated heterocycles. The van der Waals surface area contributed by atoms with Crippen molar-refractivity contribution in [3.63, 3.8) is 0 Å². The van der Waals surface area contributed by atoms with Crippen LogP contribution in [0.15, 0.2) is 60.1 Å². The fourth-order valence-electron chi connectivity index (χ4n) is 3.81. The van der Waals surface area contributed by atoms with Crippen molar-refractivity contribution < 1.29 is 4.79 Å². The first-order chi connectivity index (χ1) is 14.1. The Kier molecular flexibility index (Phi) is 6.50. The van der Waals surface area contributed by atoms with E-state index in [9.17, 15) is 4.79 Å². The molecule has 0 radical (unpaired) electrons. The third-order valence-electron chi connectivity index (χ3n) is 5.18. The number of nitrogens with one attached hydrogen (secondary N) is 1. The average Bonchev–Trinajstić information content (AvgIpc) is 3.41. The van der Waals surface area contributed by atoms with Gasteiger partial charge in [0, 0.05) is 17.6 Å². The number of hydrogen-bond donors (Lipinski definition) is 1. The Morgan fingerprint density at radius 2 is 2.03 bits per heavy atom. The summed E-state index contributed by atoms with van der Waals surface area (Å²) in [5.74, 6) is -0.0130. The van der Waals surface area contributed by atoms with E-state index >= 15 is 0 Å². The summed E-state index contributed by atoms with van der Waals surface area (Å²) in [4.78, 5) is 19.6. The molecule has 1 aromatic heterocycles. The highest BCUT2D eigenvalue weighted by Crippen LogP contribution is 2.35. The maximum Gasteiger partial charge on any atom is 0.235 e. The molecule has 0 saturated carbocycles. The minimum Gasteiger partial charge on any atom is -0.342 e. The summed E-state index contributed by atoms with van der Waals surface area (Å²) >= 11 is 13.8. The van der Waals surface area contributed by atoms with Gasteiger partial charge < -0.3 is 5.32 Å². The number of halogens is 2. The van der Waals surface area contributed by atoms with Crippen LogP contribution < -0.4 is 5.32 Å². The first-order valence-corrected chi connectivity index (χ1v) is 11.2. The molecular formula is C22H21Cl2N3OS. The lowest BCUT2D eigenvalue weighted by Gasteiger charge is -2.26. The highest BCUT2D eigenvalue weighted by Gasteiger charge is 2.29. The molecule has 1 fully saturated rings. The molecule has 0 spiro atoms. The lowest BCUT2D eigenvalue weighted by Crippen LogP contribution is -2.39. The molecule has 2 unspecified atom stereocenters. The van der Waals surface area contributed by atoms with Gasteiger partial charge in [0.2, 0.25) is 5.91 Å². The Hall–Kier alpha value is -1.92. The van der Waals surface area contributed by atoms with E-state index < -0.39 is 0 Å². The number of amides is 1. The van der Waals surface area contributed by atoms with E-state index in [0.29, 0.717) is 16.6 Å². The highest BCUT2D eigenvalue weighted by molar-refractivity contribution is 7.09. The molecular weight excluding hydrogens is 425 g/mol. The molecule has 1 aliphatic heterocycles. The Balaban J connectivity index is 1.48. The van der Waals surface area contributed by atoms with E-state index in [-0.39, 0.29) is 18.0 Å². The van der Waals surface area contributed by atoms with Gasteiger partial charge in [-0.05, 0) is 42.6 Å². The van der Waals surface area contributed by atoms with Gasteiger partial charge >= 0.3 is 0 Å². The lowest BCUT2D eigenvalue weighted by atomic mass is 10.0. The molecule has 2 atom stereocenters. The van der Waals surface area contributed by atoms with Crippen LogP contribution >= 0.6 is 34.5 Å². The van der Waals surface area contributed by atoms with Crippen molar-refractivity contribution in [2.24, 2.45) is 0 Å². The third kappa shape index (κ3) is 4.81. The molecule has 1 aliphatic rings. The van der Waals surface area contributed by atoms with Crippen LogP contribution in [-0.4, -0.2) is 28.9 Å². The Labute approximate surface area is 184 Å². The van der Waals surface area contributed by atoms with Crippen LogP contribution in [0, 0.1) is 0 Å². The number of rotatable bonds is 6. The van der Waals surface area contributed by atoms with E-state index in [1.54, 1.807) is 17.5 Å². The van der Waals surface area contributed by atoms with Gasteiger partial charge in [0.1, 0.15) is 11.0 Å². The normalized spacial score (nSPS) is 17.9. The standard InChI is InChI=1S/C22H21Cl2N3OS/c23-17-9-8-16(13-18(17)24)19-7-4-11-27(19)14-20(28)26-21(22-25-10-12-29-22)15-5-2-1-3-6-15/h1-3,5-6,8-10,12-13,19,21H,4,7,11,14H2,(H,26,28). The summed E-state index contributed by atoms with van der Waals surface area (Å²) in [6, 6.07) is 15.6. The molecule has 0 aliphatic carbocycles. The van der Waals surface area contributed by atoms with Gasteiger partial charge in [-0.15, -0.1) is 11.3 Å². The Bertz CT molecular complexity index is 965. The van der Waals surface area contributed by atoms with Crippen LogP contribution in [-0.2, 0) is 4.79 Å². The molecule has 1 amide bonds. The number of nitrogens with zero attached hydrogens (tertiary/aromatic N) is 2. The van der Waals surface area contributed by atoms with Gasteiger partial charge in [0.15, 0.2) is 0 Å². The minimum atomic E-state index is -0.241. The van der Waals surface area contributed by atoms with Crippen molar-refractivity contribution in [2.45, 2.75) is 24.9 Å². The summed E-state index contributed by atoms with van der Waals surface area (Å²) in [6.07, 6.45) is 3.81. The van der Waals surface area contributed by atoms with Gasteiger partial charge in [-0.25, -0.2) is 4.98 Å². The number of carbonyl (C=O) groups is 1. The van der Waals surface area contributed by atoms with E-state index in [4.69, 9.17) is 23.2 Å². The van der Waals surface area contributed by atoms with Crippen molar-refractivity contribution in [2.75, 3.05) is 13.1 Å². The fraction of sp³-hybridized carbons (Fsp3) is 0.273. The summed E-state index contributed by atoms with van der Waals surface area (Å²) in [6.45, 7) is 1.21. The zero-order chi connectivity index (χ0) is 20.2. The third-order valence-corrected chi connectivity index (χ3v) is 6.75. The molecule has 2 heterocycles. The molecule has 0 bridgehead atoms. The van der Waals surface area contributed by atoms with Gasteiger partial charge in [0.25, 0.3) is 0 Å². The predicted molar refractivity (Wildman–Crippen MR) is 119 cm³/mol. The molecule has 2 aromatic carbocycles. The second-order valence-corrected chi connectivity index (χ2v) is 8.82. The number of benzene rings is 2. The van der Waals surface area contributed by atoms with Crippen molar-refractivity contribution in [3.05, 3.63) is 86.3 Å². The van der Waals surface area contributed by atoms with Crippen LogP contribution in [0.2, 0.25) is 10.0 Å². The van der Waals surface area contributed by atoms with Crippen LogP contribution in [0.25, 0.3) is 0 Å². The zero-order valence-corrected chi connectivity index (χ0v) is 18.1. The minimum absolute atomic E-state index is 0.0130. The molecule has 3 aromatic rings. The van der Waals surface area contributed by atoms with E-state index in [0.717, 1.165) is 35.5 Å². The van der Waals surface area contributed by atoms with Crippen LogP contribution in [0.4, 0.5) is 0 Å². The average molecular weight is 446 g/mol. The predicted octanol–water partition coefficient (Wildman–Crippen LogP) is 5.49. The maximum absolute atomic E-state index is 13.0. The highest BCUT2D eigenvalue weighted by atomic mass is 35.5. The van der Waals surface area contributed by atoms with Crippen molar-refractivity contribution in [1.82, 2.24) is 15.2 Å². The largest absolute Gasteiger partial charge is 0.342 e. The molecule has 150 valence electrons. The first-order valence-electron chi connectivity index (χ1n) is 9.54. The van der Waals surface area contributed by atoms with Crippen molar-refractivity contribution in [1.29, 1.82) is 0 Å². The summed E-state index contributed by atoms with van der Waals surface area (Å²) in [5.41, 5.74) is 2.13. The SMILES string of the molecule is O=C(CN1CCCC1c1ccc(Cl)c(Cl)c1)NC(c1ccccc1)c1nccs1. The second kappa shape index (κ2) is 9.26. The Morgan fingerprint density at radius 1 is 1.21 bits per heavy atom. The van der Waals surface area contributed by atoms with Crippen molar-refractivity contribution in [3.8, 4) is 0 Å². The topological polar surface area (TPSA) is 45.2 Å². The number of aromatic nitrogens is 1. The number of likely N-dealkylation sites (tertiary alicyclic amines) is 1. The van der Waals surface area contributed by atoms with E-state index in [1.807, 2.05) is 53.9 Å².